The van der Waals surface area contributed by atoms with Gasteiger partial charge in [-0.3, -0.25) is 14.3 Å². The topological polar surface area (TPSA) is 110 Å². The number of hydrogen-bond acceptors (Lipinski definition) is 5. The molecule has 7 nitrogen and oxygen atoms in total. The number of nitrogens with two attached hydrogens (primary N) is 1. The van der Waals surface area contributed by atoms with Gasteiger partial charge in [0.05, 0.1) is 18.8 Å². The molecule has 0 aromatic carbocycles. The first-order valence-electron chi connectivity index (χ1n) is 5.19. The molecule has 1 heterocycles. The van der Waals surface area contributed by atoms with Gasteiger partial charge >= 0.3 is 5.69 Å². The van der Waals surface area contributed by atoms with Gasteiger partial charge in [0.25, 0.3) is 5.56 Å². The molecule has 0 fully saturated rings. The predicted molar refractivity (Wildman–Crippen MR) is 61.9 cm³/mol. The predicted octanol–water partition coefficient (Wildman–Crippen LogP) is -1.82. The van der Waals surface area contributed by atoms with Gasteiger partial charge in [-0.1, -0.05) is 0 Å². The van der Waals surface area contributed by atoms with E-state index in [-0.39, 0.29) is 13.2 Å². The molecule has 96 valence electrons. The minimum Gasteiger partial charge on any atom is -0.394 e. The Morgan fingerprint density at radius 2 is 2.24 bits per heavy atom. The summed E-state index contributed by atoms with van der Waals surface area (Å²) in [6.45, 7) is 1.53. The van der Waals surface area contributed by atoms with Crippen LogP contribution in [-0.2, 0) is 11.3 Å². The number of hydrogen-bond donors (Lipinski definition) is 3. The van der Waals surface area contributed by atoms with Crippen LogP contribution in [0.2, 0.25) is 0 Å². The van der Waals surface area contributed by atoms with Crippen molar-refractivity contribution in [3.05, 3.63) is 32.6 Å². The number of methoxy groups -OCH3 is 1. The van der Waals surface area contributed by atoms with Gasteiger partial charge in [0.15, 0.2) is 0 Å². The molecule has 0 aliphatic rings. The average Bonchev–Trinajstić information content (AvgIpc) is 2.27. The Balaban J connectivity index is 2.92. The van der Waals surface area contributed by atoms with E-state index in [1.165, 1.54) is 17.9 Å². The van der Waals surface area contributed by atoms with Gasteiger partial charge in [0.2, 0.25) is 0 Å². The SMILES string of the molecule is COC(CO)[C@H](N)Cn1cc(C)c(=O)[nH]c1=O. The molecule has 7 heteroatoms. The first-order chi connectivity index (χ1) is 7.99. The number of rotatable bonds is 5. The van der Waals surface area contributed by atoms with Crippen LogP contribution < -0.4 is 17.0 Å². The molecule has 0 aliphatic heterocycles. The number of nitrogens with one attached hydrogen (secondary N) is 1. The van der Waals surface area contributed by atoms with Crippen LogP contribution in [0.1, 0.15) is 5.56 Å². The third-order valence-electron chi connectivity index (χ3n) is 2.56. The smallest absolute Gasteiger partial charge is 0.328 e. The second kappa shape index (κ2) is 5.76. The zero-order chi connectivity index (χ0) is 13.0. The van der Waals surface area contributed by atoms with Gasteiger partial charge in [0.1, 0.15) is 0 Å². The molecular formula is C10H17N3O4. The van der Waals surface area contributed by atoms with Crippen molar-refractivity contribution in [2.75, 3.05) is 13.7 Å². The Morgan fingerprint density at radius 1 is 1.59 bits per heavy atom. The summed E-state index contributed by atoms with van der Waals surface area (Å²) in [5.41, 5.74) is 5.28. The van der Waals surface area contributed by atoms with Crippen LogP contribution in [0.25, 0.3) is 0 Å². The van der Waals surface area contributed by atoms with Gasteiger partial charge < -0.3 is 15.6 Å². The Bertz CT molecular complexity index is 475. The number of ether oxygens (including phenoxy) is 1. The highest BCUT2D eigenvalue weighted by Gasteiger charge is 2.17. The van der Waals surface area contributed by atoms with Crippen LogP contribution in [0.3, 0.4) is 0 Å². The number of H-pyrrole nitrogens is 1. The van der Waals surface area contributed by atoms with Crippen molar-refractivity contribution in [2.45, 2.75) is 25.6 Å². The number of aromatic nitrogens is 2. The highest BCUT2D eigenvalue weighted by atomic mass is 16.5. The summed E-state index contributed by atoms with van der Waals surface area (Å²) in [5.74, 6) is 0. The fourth-order valence-corrected chi connectivity index (χ4v) is 1.48. The third-order valence-corrected chi connectivity index (χ3v) is 2.56. The van der Waals surface area contributed by atoms with Crippen molar-refractivity contribution in [3.63, 3.8) is 0 Å². The summed E-state index contributed by atoms with van der Waals surface area (Å²) in [5, 5.41) is 8.99. The molecule has 1 aromatic heterocycles. The van der Waals surface area contributed by atoms with Crippen molar-refractivity contribution in [1.82, 2.24) is 9.55 Å². The normalized spacial score (nSPS) is 14.6. The van der Waals surface area contributed by atoms with Crippen molar-refractivity contribution in [1.29, 1.82) is 0 Å². The quantitative estimate of drug-likeness (QED) is 0.564. The van der Waals surface area contributed by atoms with E-state index in [2.05, 4.69) is 4.98 Å². The number of aromatic amines is 1. The molecule has 1 aromatic rings. The summed E-state index contributed by atoms with van der Waals surface area (Å²) >= 11 is 0. The van der Waals surface area contributed by atoms with Gasteiger partial charge in [0, 0.05) is 25.4 Å². The van der Waals surface area contributed by atoms with Crippen LogP contribution >= 0.6 is 0 Å². The Morgan fingerprint density at radius 3 is 2.76 bits per heavy atom. The van der Waals surface area contributed by atoms with Crippen molar-refractivity contribution in [3.8, 4) is 0 Å². The molecule has 0 bridgehead atoms. The maximum Gasteiger partial charge on any atom is 0.328 e. The molecule has 0 amide bonds. The van der Waals surface area contributed by atoms with Crippen molar-refractivity contribution in [2.24, 2.45) is 5.73 Å². The van der Waals surface area contributed by atoms with E-state index in [9.17, 15) is 9.59 Å². The molecule has 4 N–H and O–H groups in total. The maximum absolute atomic E-state index is 11.5. The third kappa shape index (κ3) is 3.26. The first kappa shape index (κ1) is 13.6. The summed E-state index contributed by atoms with van der Waals surface area (Å²) in [4.78, 5) is 24.8. The molecule has 1 unspecified atom stereocenters. The lowest BCUT2D eigenvalue weighted by Gasteiger charge is -2.21. The molecule has 0 saturated heterocycles. The van der Waals surface area contributed by atoms with E-state index in [4.69, 9.17) is 15.6 Å². The minimum atomic E-state index is -0.547. The average molecular weight is 243 g/mol. The zero-order valence-electron chi connectivity index (χ0n) is 9.84. The molecule has 0 saturated carbocycles. The Kier molecular flexibility index (Phi) is 4.62. The van der Waals surface area contributed by atoms with E-state index in [1.54, 1.807) is 6.92 Å². The molecule has 0 spiro atoms. The number of nitrogens with zero attached hydrogens (tertiary/aromatic N) is 1. The Labute approximate surface area is 97.8 Å². The second-order valence-electron chi connectivity index (χ2n) is 3.84. The van der Waals surface area contributed by atoms with Crippen LogP contribution in [0.5, 0.6) is 0 Å². The summed E-state index contributed by atoms with van der Waals surface area (Å²) in [6, 6.07) is -0.534. The second-order valence-corrected chi connectivity index (χ2v) is 3.84. The van der Waals surface area contributed by atoms with Crippen molar-refractivity contribution < 1.29 is 9.84 Å². The standard InChI is InChI=1S/C10H17N3O4/c1-6-3-13(10(16)12-9(6)15)4-7(11)8(5-14)17-2/h3,7-8,14H,4-5,11H2,1-2H3,(H,12,15,16)/t7-,8?/m1/s1. The highest BCUT2D eigenvalue weighted by Crippen LogP contribution is 1.97. The fraction of sp³-hybridized carbons (Fsp3) is 0.600. The molecule has 17 heavy (non-hydrogen) atoms. The fourth-order valence-electron chi connectivity index (χ4n) is 1.48. The number of aliphatic hydroxyl groups excluding tert-OH is 1. The van der Waals surface area contributed by atoms with Gasteiger partial charge in [-0.2, -0.15) is 0 Å². The van der Waals surface area contributed by atoms with Crippen LogP contribution in [0, 0.1) is 6.92 Å². The molecule has 2 atom stereocenters. The van der Waals surface area contributed by atoms with Crippen LogP contribution in [0.4, 0.5) is 0 Å². The lowest BCUT2D eigenvalue weighted by atomic mass is 10.2. The largest absolute Gasteiger partial charge is 0.394 e. The first-order valence-corrected chi connectivity index (χ1v) is 5.19. The van der Waals surface area contributed by atoms with Gasteiger partial charge in [-0.25, -0.2) is 4.79 Å². The van der Waals surface area contributed by atoms with E-state index in [0.29, 0.717) is 5.56 Å². The van der Waals surface area contributed by atoms with E-state index >= 15 is 0 Å². The van der Waals surface area contributed by atoms with Crippen molar-refractivity contribution >= 4 is 0 Å². The summed E-state index contributed by atoms with van der Waals surface area (Å²) in [7, 11) is 1.43. The van der Waals surface area contributed by atoms with E-state index in [0.717, 1.165) is 0 Å². The van der Waals surface area contributed by atoms with Gasteiger partial charge in [-0.05, 0) is 6.92 Å². The maximum atomic E-state index is 11.5. The number of aryl methyl sites for hydroxylation is 1. The highest BCUT2D eigenvalue weighted by molar-refractivity contribution is 5.01. The molecule has 0 radical (unpaired) electrons. The minimum absolute atomic E-state index is 0.162. The lowest BCUT2D eigenvalue weighted by molar-refractivity contribution is 0.0271. The number of aliphatic hydroxyl groups is 1. The summed E-state index contributed by atoms with van der Waals surface area (Å²) in [6.07, 6.45) is 0.889. The Hall–Kier alpha value is -1.44. The van der Waals surface area contributed by atoms with Crippen LogP contribution in [-0.4, -0.2) is 40.5 Å². The molecule has 1 rings (SSSR count). The monoisotopic (exact) mass is 243 g/mol. The zero-order valence-corrected chi connectivity index (χ0v) is 9.84. The van der Waals surface area contributed by atoms with Crippen LogP contribution in [0.15, 0.2) is 15.8 Å². The molecular weight excluding hydrogens is 226 g/mol. The van der Waals surface area contributed by atoms with E-state index < -0.39 is 23.4 Å². The summed E-state index contributed by atoms with van der Waals surface area (Å²) < 4.78 is 6.26. The van der Waals surface area contributed by atoms with E-state index in [1.807, 2.05) is 0 Å². The lowest BCUT2D eigenvalue weighted by Crippen LogP contribution is -2.45. The van der Waals surface area contributed by atoms with Gasteiger partial charge in [-0.15, -0.1) is 0 Å². The molecule has 0 aliphatic carbocycles.